The summed E-state index contributed by atoms with van der Waals surface area (Å²) in [6.45, 7) is 7.89. The smallest absolute Gasteiger partial charge is 0.186 e. The van der Waals surface area contributed by atoms with Gasteiger partial charge in [0.15, 0.2) is 5.11 Å². The molecule has 7 heteroatoms. The van der Waals surface area contributed by atoms with Crippen LogP contribution in [0.2, 0.25) is 5.02 Å². The Balaban J connectivity index is 1.64. The topological polar surface area (TPSA) is 50.1 Å². The van der Waals surface area contributed by atoms with Crippen LogP contribution in [0.4, 0.5) is 0 Å². The largest absolute Gasteiger partial charge is 0.370 e. The van der Waals surface area contributed by atoms with Gasteiger partial charge in [0, 0.05) is 18.0 Å². The zero-order valence-electron chi connectivity index (χ0n) is 13.4. The van der Waals surface area contributed by atoms with Gasteiger partial charge in [0.05, 0.1) is 25.5 Å². The Hall–Kier alpha value is -1.21. The lowest BCUT2D eigenvalue weighted by Gasteiger charge is -2.23. The van der Waals surface area contributed by atoms with Crippen LogP contribution in [0.15, 0.2) is 29.4 Å². The van der Waals surface area contributed by atoms with Gasteiger partial charge >= 0.3 is 0 Å². The first-order valence-electron chi connectivity index (χ1n) is 7.90. The van der Waals surface area contributed by atoms with Crippen LogP contribution in [0.3, 0.4) is 0 Å². The SMILES string of the molecule is C/C(=N/NC(=S)NCCC[NH+]1CCOCC1)c1ccc(Cl)cc1. The van der Waals surface area contributed by atoms with Crippen LogP contribution in [-0.4, -0.2) is 50.2 Å². The van der Waals surface area contributed by atoms with E-state index < -0.39 is 0 Å². The number of nitrogens with zero attached hydrogens (tertiary/aromatic N) is 1. The summed E-state index contributed by atoms with van der Waals surface area (Å²) in [5.74, 6) is 0. The van der Waals surface area contributed by atoms with Crippen molar-refractivity contribution in [3.05, 3.63) is 34.9 Å². The number of quaternary nitrogens is 1. The summed E-state index contributed by atoms with van der Waals surface area (Å²) in [5, 5.41) is 8.74. The summed E-state index contributed by atoms with van der Waals surface area (Å²) in [4.78, 5) is 1.61. The molecule has 1 heterocycles. The first kappa shape index (κ1) is 18.1. The number of morpholine rings is 1. The van der Waals surface area contributed by atoms with Gasteiger partial charge in [-0.3, -0.25) is 5.43 Å². The monoisotopic (exact) mass is 355 g/mol. The number of hydrogen-bond donors (Lipinski definition) is 3. The van der Waals surface area contributed by atoms with Gasteiger partial charge in [-0.1, -0.05) is 23.7 Å². The second kappa shape index (κ2) is 9.82. The first-order chi connectivity index (χ1) is 11.1. The van der Waals surface area contributed by atoms with E-state index in [0.29, 0.717) is 10.1 Å². The third-order valence-corrected chi connectivity index (χ3v) is 4.27. The molecule has 0 radical (unpaired) electrons. The standard InChI is InChI=1S/C16H23ClN4OS/c1-13(14-3-5-15(17)6-4-14)19-20-16(23)18-7-2-8-21-9-11-22-12-10-21/h3-6H,2,7-12H2,1H3,(H2,18,20,23)/p+1/b19-13-. The van der Waals surface area contributed by atoms with Crippen molar-refractivity contribution in [3.8, 4) is 0 Å². The molecule has 0 atom stereocenters. The molecule has 0 spiro atoms. The highest BCUT2D eigenvalue weighted by Crippen LogP contribution is 2.09. The Morgan fingerprint density at radius 3 is 2.70 bits per heavy atom. The highest BCUT2D eigenvalue weighted by molar-refractivity contribution is 7.80. The molecule has 0 bridgehead atoms. The molecule has 23 heavy (non-hydrogen) atoms. The lowest BCUT2D eigenvalue weighted by Crippen LogP contribution is -3.14. The van der Waals surface area contributed by atoms with Crippen molar-refractivity contribution in [2.45, 2.75) is 13.3 Å². The van der Waals surface area contributed by atoms with E-state index in [2.05, 4.69) is 15.8 Å². The summed E-state index contributed by atoms with van der Waals surface area (Å²) in [5.41, 5.74) is 4.76. The molecule has 1 aliphatic rings. The highest BCUT2D eigenvalue weighted by atomic mass is 35.5. The number of ether oxygens (including phenoxy) is 1. The molecule has 0 amide bonds. The van der Waals surface area contributed by atoms with Crippen molar-refractivity contribution in [1.29, 1.82) is 0 Å². The van der Waals surface area contributed by atoms with Crippen LogP contribution >= 0.6 is 23.8 Å². The van der Waals surface area contributed by atoms with E-state index in [1.54, 1.807) is 4.90 Å². The Labute approximate surface area is 148 Å². The second-order valence-electron chi connectivity index (χ2n) is 5.54. The molecule has 3 N–H and O–H groups in total. The lowest BCUT2D eigenvalue weighted by atomic mass is 10.1. The van der Waals surface area contributed by atoms with Crippen molar-refractivity contribution in [2.75, 3.05) is 39.4 Å². The summed E-state index contributed by atoms with van der Waals surface area (Å²) >= 11 is 11.1. The van der Waals surface area contributed by atoms with Crippen molar-refractivity contribution in [2.24, 2.45) is 5.10 Å². The van der Waals surface area contributed by atoms with Crippen LogP contribution in [0, 0.1) is 0 Å². The van der Waals surface area contributed by atoms with Gasteiger partial charge in [-0.05, 0) is 36.8 Å². The Bertz CT molecular complexity index is 529. The Kier molecular flexibility index (Phi) is 7.74. The number of rotatable bonds is 6. The van der Waals surface area contributed by atoms with Gasteiger partial charge < -0.3 is 15.0 Å². The van der Waals surface area contributed by atoms with Crippen LogP contribution in [0.1, 0.15) is 18.9 Å². The van der Waals surface area contributed by atoms with Crippen LogP contribution in [0.5, 0.6) is 0 Å². The van der Waals surface area contributed by atoms with Crippen molar-refractivity contribution < 1.29 is 9.64 Å². The molecule has 1 saturated heterocycles. The minimum atomic E-state index is 0.551. The molecule has 1 aromatic carbocycles. The number of hydrogen-bond acceptors (Lipinski definition) is 3. The molecule has 0 unspecified atom stereocenters. The predicted octanol–water partition coefficient (Wildman–Crippen LogP) is 0.833. The highest BCUT2D eigenvalue weighted by Gasteiger charge is 2.12. The normalized spacial score (nSPS) is 16.2. The molecule has 126 valence electrons. The average Bonchev–Trinajstić information content (AvgIpc) is 2.58. The minimum absolute atomic E-state index is 0.551. The lowest BCUT2D eigenvalue weighted by molar-refractivity contribution is -0.908. The fraction of sp³-hybridized carbons (Fsp3) is 0.500. The molecular weight excluding hydrogens is 332 g/mol. The van der Waals surface area contributed by atoms with Crippen LogP contribution in [0.25, 0.3) is 0 Å². The molecule has 0 saturated carbocycles. The molecule has 1 aromatic rings. The number of thiocarbonyl (C=S) groups is 1. The average molecular weight is 356 g/mol. The van der Waals surface area contributed by atoms with Gasteiger partial charge in [-0.15, -0.1) is 0 Å². The van der Waals surface area contributed by atoms with E-state index in [0.717, 1.165) is 57.1 Å². The Morgan fingerprint density at radius 1 is 1.30 bits per heavy atom. The number of halogens is 1. The van der Waals surface area contributed by atoms with Gasteiger partial charge in [0.25, 0.3) is 0 Å². The Morgan fingerprint density at radius 2 is 2.00 bits per heavy atom. The van der Waals surface area contributed by atoms with E-state index in [9.17, 15) is 0 Å². The minimum Gasteiger partial charge on any atom is -0.370 e. The summed E-state index contributed by atoms with van der Waals surface area (Å²) < 4.78 is 5.35. The summed E-state index contributed by atoms with van der Waals surface area (Å²) in [6, 6.07) is 7.57. The maximum atomic E-state index is 5.88. The van der Waals surface area contributed by atoms with Gasteiger partial charge in [0.1, 0.15) is 13.1 Å². The maximum Gasteiger partial charge on any atom is 0.186 e. The van der Waals surface area contributed by atoms with Gasteiger partial charge in [-0.25, -0.2) is 0 Å². The van der Waals surface area contributed by atoms with E-state index in [1.165, 1.54) is 0 Å². The van der Waals surface area contributed by atoms with Crippen molar-refractivity contribution >= 4 is 34.6 Å². The van der Waals surface area contributed by atoms with Crippen LogP contribution in [-0.2, 0) is 4.74 Å². The summed E-state index contributed by atoms with van der Waals surface area (Å²) in [7, 11) is 0. The van der Waals surface area contributed by atoms with Gasteiger partial charge in [0.2, 0.25) is 0 Å². The number of hydrazone groups is 1. The first-order valence-corrected chi connectivity index (χ1v) is 8.69. The van der Waals surface area contributed by atoms with E-state index in [-0.39, 0.29) is 0 Å². The van der Waals surface area contributed by atoms with E-state index >= 15 is 0 Å². The van der Waals surface area contributed by atoms with E-state index in [1.807, 2.05) is 31.2 Å². The second-order valence-corrected chi connectivity index (χ2v) is 6.38. The molecule has 2 rings (SSSR count). The fourth-order valence-corrected chi connectivity index (χ4v) is 2.65. The number of nitrogens with one attached hydrogen (secondary N) is 3. The molecule has 0 aromatic heterocycles. The zero-order valence-corrected chi connectivity index (χ0v) is 15.0. The molecular formula is C16H24ClN4OS+. The molecule has 1 fully saturated rings. The molecule has 1 aliphatic heterocycles. The van der Waals surface area contributed by atoms with E-state index in [4.69, 9.17) is 28.6 Å². The molecule has 5 nitrogen and oxygen atoms in total. The quantitative estimate of drug-likeness (QED) is 0.306. The van der Waals surface area contributed by atoms with Crippen molar-refractivity contribution in [1.82, 2.24) is 10.7 Å². The zero-order chi connectivity index (χ0) is 16.5. The maximum absolute atomic E-state index is 5.88. The van der Waals surface area contributed by atoms with Crippen LogP contribution < -0.4 is 15.6 Å². The van der Waals surface area contributed by atoms with Gasteiger partial charge in [-0.2, -0.15) is 5.10 Å². The third kappa shape index (κ3) is 6.83. The fourth-order valence-electron chi connectivity index (χ4n) is 2.38. The number of benzene rings is 1. The van der Waals surface area contributed by atoms with Crippen molar-refractivity contribution in [3.63, 3.8) is 0 Å². The predicted molar refractivity (Wildman–Crippen MR) is 98.4 cm³/mol. The third-order valence-electron chi connectivity index (χ3n) is 3.78. The molecule has 0 aliphatic carbocycles. The summed E-state index contributed by atoms with van der Waals surface area (Å²) in [6.07, 6.45) is 1.08.